The van der Waals surface area contributed by atoms with Crippen molar-refractivity contribution in [2.45, 2.75) is 24.4 Å². The first-order valence-electron chi connectivity index (χ1n) is 10.2. The Morgan fingerprint density at radius 1 is 1.12 bits per heavy atom. The molecule has 0 unspecified atom stereocenters. The summed E-state index contributed by atoms with van der Waals surface area (Å²) in [5.41, 5.74) is 1.25. The Morgan fingerprint density at radius 2 is 2.03 bits per heavy atom. The van der Waals surface area contributed by atoms with E-state index in [0.29, 0.717) is 35.4 Å². The number of hydrogen-bond donors (Lipinski definition) is 2. The molecule has 32 heavy (non-hydrogen) atoms. The van der Waals surface area contributed by atoms with E-state index >= 15 is 0 Å². The van der Waals surface area contributed by atoms with E-state index in [9.17, 15) is 4.79 Å². The van der Waals surface area contributed by atoms with E-state index in [2.05, 4.69) is 20.6 Å². The summed E-state index contributed by atoms with van der Waals surface area (Å²) in [5, 5.41) is 5.95. The van der Waals surface area contributed by atoms with Gasteiger partial charge >= 0.3 is 6.09 Å². The van der Waals surface area contributed by atoms with Crippen LogP contribution in [0.3, 0.4) is 0 Å². The second kappa shape index (κ2) is 8.85. The monoisotopic (exact) mass is 438 g/mol. The summed E-state index contributed by atoms with van der Waals surface area (Å²) < 4.78 is 27.9. The highest BCUT2D eigenvalue weighted by Gasteiger charge is 2.49. The average Bonchev–Trinajstić information content (AvgIpc) is 3.55. The Balaban J connectivity index is 1.18. The van der Waals surface area contributed by atoms with Crippen LogP contribution in [-0.2, 0) is 14.2 Å². The van der Waals surface area contributed by atoms with E-state index in [4.69, 9.17) is 23.4 Å². The molecule has 2 aliphatic rings. The Bertz CT molecular complexity index is 1080. The number of rotatable bonds is 6. The highest BCUT2D eigenvalue weighted by atomic mass is 16.6. The normalized spacial score (nSPS) is 24.0. The van der Waals surface area contributed by atoms with Crippen molar-refractivity contribution in [3.8, 4) is 17.2 Å². The van der Waals surface area contributed by atoms with Gasteiger partial charge in [-0.25, -0.2) is 14.8 Å². The lowest BCUT2D eigenvalue weighted by Crippen LogP contribution is -2.38. The Morgan fingerprint density at radius 3 is 2.88 bits per heavy atom. The number of ether oxygens (including phenoxy) is 4. The van der Waals surface area contributed by atoms with Gasteiger partial charge in [0.15, 0.2) is 11.9 Å². The van der Waals surface area contributed by atoms with E-state index in [0.717, 1.165) is 0 Å². The summed E-state index contributed by atoms with van der Waals surface area (Å²) in [6.45, 7) is 0.618. The molecule has 166 valence electrons. The van der Waals surface area contributed by atoms with Crippen LogP contribution in [0.25, 0.3) is 11.5 Å². The third-order valence-electron chi connectivity index (χ3n) is 5.33. The van der Waals surface area contributed by atoms with Crippen molar-refractivity contribution in [3.05, 3.63) is 54.9 Å². The SMILES string of the molecule is COc1cccc(NC(=O)O[C@H]2CO[C@@H]3[C@@H]2OC[C@@H]3Nc2nccc(-c3ccco3)n2)c1. The highest BCUT2D eigenvalue weighted by molar-refractivity contribution is 5.85. The largest absolute Gasteiger partial charge is 0.497 e. The van der Waals surface area contributed by atoms with Crippen LogP contribution in [0.1, 0.15) is 0 Å². The van der Waals surface area contributed by atoms with E-state index in [1.165, 1.54) is 0 Å². The molecular weight excluding hydrogens is 416 g/mol. The number of fused-ring (bicyclic) bond motifs is 1. The van der Waals surface area contributed by atoms with Crippen LogP contribution in [0.15, 0.2) is 59.3 Å². The highest BCUT2D eigenvalue weighted by Crippen LogP contribution is 2.31. The van der Waals surface area contributed by atoms with Gasteiger partial charge in [0.2, 0.25) is 5.95 Å². The van der Waals surface area contributed by atoms with Gasteiger partial charge in [-0.15, -0.1) is 0 Å². The Hall–Kier alpha value is -3.63. The molecule has 2 aliphatic heterocycles. The number of nitrogens with zero attached hydrogens (tertiary/aromatic N) is 2. The molecule has 0 radical (unpaired) electrons. The molecular formula is C22H22N4O6. The van der Waals surface area contributed by atoms with Gasteiger partial charge in [-0.2, -0.15) is 0 Å². The van der Waals surface area contributed by atoms with Crippen molar-refractivity contribution in [2.75, 3.05) is 31.0 Å². The predicted octanol–water partition coefficient (Wildman–Crippen LogP) is 2.94. The molecule has 0 bridgehead atoms. The molecule has 4 atom stereocenters. The standard InChI is InChI=1S/C22H22N4O6/c1-28-14-5-2-4-13(10-14)24-22(27)32-18-12-31-19-16(11-30-20(18)19)26-21-23-8-7-15(25-21)17-6-3-9-29-17/h2-10,16,18-20H,11-12H2,1H3,(H,24,27)(H,23,25,26)/t16-,18-,19-,20+/m0/s1. The first-order valence-corrected chi connectivity index (χ1v) is 10.2. The van der Waals surface area contributed by atoms with Gasteiger partial charge in [-0.3, -0.25) is 5.32 Å². The van der Waals surface area contributed by atoms with Crippen molar-refractivity contribution in [3.63, 3.8) is 0 Å². The number of carbonyl (C=O) groups excluding carboxylic acids is 1. The minimum atomic E-state index is -0.581. The molecule has 3 aromatic rings. The van der Waals surface area contributed by atoms with Crippen molar-refractivity contribution < 1.29 is 28.2 Å². The summed E-state index contributed by atoms with van der Waals surface area (Å²) >= 11 is 0. The maximum Gasteiger partial charge on any atom is 0.412 e. The third kappa shape index (κ3) is 4.23. The van der Waals surface area contributed by atoms with E-state index in [1.54, 1.807) is 56.0 Å². The minimum Gasteiger partial charge on any atom is -0.497 e. The van der Waals surface area contributed by atoms with Crippen LogP contribution in [0, 0.1) is 0 Å². The van der Waals surface area contributed by atoms with Crippen LogP contribution in [0.4, 0.5) is 16.4 Å². The maximum atomic E-state index is 12.3. The van der Waals surface area contributed by atoms with Crippen LogP contribution in [0.5, 0.6) is 5.75 Å². The summed E-state index contributed by atoms with van der Waals surface area (Å²) in [6, 6.07) is 12.3. The van der Waals surface area contributed by atoms with Gasteiger partial charge in [0.1, 0.15) is 23.7 Å². The molecule has 10 nitrogen and oxygen atoms in total. The second-order valence-electron chi connectivity index (χ2n) is 7.39. The molecule has 2 N–H and O–H groups in total. The number of carbonyl (C=O) groups is 1. The lowest BCUT2D eigenvalue weighted by molar-refractivity contribution is 0.00917. The van der Waals surface area contributed by atoms with E-state index in [1.807, 2.05) is 6.07 Å². The zero-order valence-electron chi connectivity index (χ0n) is 17.3. The molecule has 2 aromatic heterocycles. The predicted molar refractivity (Wildman–Crippen MR) is 114 cm³/mol. The topological polar surface area (TPSA) is 117 Å². The fourth-order valence-corrected chi connectivity index (χ4v) is 3.83. The molecule has 1 amide bonds. The molecule has 0 saturated carbocycles. The molecule has 1 aromatic carbocycles. The van der Waals surface area contributed by atoms with Crippen molar-refractivity contribution in [1.29, 1.82) is 0 Å². The zero-order valence-corrected chi connectivity index (χ0v) is 17.3. The molecule has 0 aliphatic carbocycles. The molecule has 4 heterocycles. The summed E-state index contributed by atoms with van der Waals surface area (Å²) in [6.07, 6.45) is 1.48. The smallest absolute Gasteiger partial charge is 0.412 e. The van der Waals surface area contributed by atoms with Crippen molar-refractivity contribution >= 4 is 17.7 Å². The molecule has 5 rings (SSSR count). The second-order valence-corrected chi connectivity index (χ2v) is 7.39. The van der Waals surface area contributed by atoms with Crippen LogP contribution < -0.4 is 15.4 Å². The number of furan rings is 1. The zero-order chi connectivity index (χ0) is 21.9. The number of nitrogens with one attached hydrogen (secondary N) is 2. The average molecular weight is 438 g/mol. The summed E-state index contributed by atoms with van der Waals surface area (Å²) in [5.74, 6) is 1.74. The molecule has 0 spiro atoms. The van der Waals surface area contributed by atoms with Crippen molar-refractivity contribution in [2.24, 2.45) is 0 Å². The fourth-order valence-electron chi connectivity index (χ4n) is 3.83. The van der Waals surface area contributed by atoms with E-state index < -0.39 is 12.2 Å². The number of anilines is 2. The molecule has 2 fully saturated rings. The van der Waals surface area contributed by atoms with Crippen LogP contribution >= 0.6 is 0 Å². The molecule has 10 heteroatoms. The number of methoxy groups -OCH3 is 1. The first kappa shape index (κ1) is 20.3. The first-order chi connectivity index (χ1) is 15.7. The number of amides is 1. The van der Waals surface area contributed by atoms with Gasteiger partial charge in [-0.1, -0.05) is 6.07 Å². The lowest BCUT2D eigenvalue weighted by atomic mass is 10.1. The van der Waals surface area contributed by atoms with Gasteiger partial charge in [0.25, 0.3) is 0 Å². The molecule has 2 saturated heterocycles. The Kier molecular flexibility index (Phi) is 5.61. The van der Waals surface area contributed by atoms with Crippen molar-refractivity contribution in [1.82, 2.24) is 9.97 Å². The van der Waals surface area contributed by atoms with Crippen LogP contribution in [-0.4, -0.2) is 60.7 Å². The summed E-state index contributed by atoms with van der Waals surface area (Å²) in [7, 11) is 1.56. The Labute approximate surface area is 183 Å². The van der Waals surface area contributed by atoms with Crippen LogP contribution in [0.2, 0.25) is 0 Å². The number of hydrogen-bond acceptors (Lipinski definition) is 9. The minimum absolute atomic E-state index is 0.179. The number of aromatic nitrogens is 2. The van der Waals surface area contributed by atoms with E-state index in [-0.39, 0.29) is 24.9 Å². The number of benzene rings is 1. The van der Waals surface area contributed by atoms with Gasteiger partial charge in [0, 0.05) is 18.0 Å². The fraction of sp³-hybridized carbons (Fsp3) is 0.318. The maximum absolute atomic E-state index is 12.3. The third-order valence-corrected chi connectivity index (χ3v) is 5.33. The van der Waals surface area contributed by atoms with Gasteiger partial charge in [-0.05, 0) is 30.3 Å². The van der Waals surface area contributed by atoms with Gasteiger partial charge in [0.05, 0.1) is 32.6 Å². The quantitative estimate of drug-likeness (QED) is 0.599. The van der Waals surface area contributed by atoms with Gasteiger partial charge < -0.3 is 28.7 Å². The lowest BCUT2D eigenvalue weighted by Gasteiger charge is -2.18. The summed E-state index contributed by atoms with van der Waals surface area (Å²) in [4.78, 5) is 21.1.